The van der Waals surface area contributed by atoms with Crippen molar-refractivity contribution in [3.63, 3.8) is 0 Å². The lowest BCUT2D eigenvalue weighted by Crippen LogP contribution is -2.12. The highest BCUT2D eigenvalue weighted by Gasteiger charge is 2.13. The van der Waals surface area contributed by atoms with Gasteiger partial charge in [0.1, 0.15) is 5.01 Å². The molecule has 0 aliphatic rings. The normalized spacial score (nSPS) is 10.6. The molecule has 1 aromatic carbocycles. The first kappa shape index (κ1) is 15.1. The average molecular weight is 348 g/mol. The molecule has 3 aromatic rings. The smallest absolute Gasteiger partial charge is 0.258 e. The zero-order valence-electron chi connectivity index (χ0n) is 11.6. The second-order valence-electron chi connectivity index (χ2n) is 4.34. The van der Waals surface area contributed by atoms with Crippen LogP contribution in [0.15, 0.2) is 40.1 Å². The van der Waals surface area contributed by atoms with Crippen molar-refractivity contribution in [3.8, 4) is 0 Å². The fourth-order valence-corrected chi connectivity index (χ4v) is 3.96. The van der Waals surface area contributed by atoms with Crippen LogP contribution in [-0.2, 0) is 5.75 Å². The zero-order chi connectivity index (χ0) is 15.4. The lowest BCUT2D eigenvalue weighted by atomic mass is 10.2. The predicted molar refractivity (Wildman–Crippen MR) is 90.7 cm³/mol. The number of thiazole rings is 1. The first-order chi connectivity index (χ1) is 10.7. The van der Waals surface area contributed by atoms with Crippen LogP contribution in [0.25, 0.3) is 0 Å². The van der Waals surface area contributed by atoms with Gasteiger partial charge >= 0.3 is 0 Å². The lowest BCUT2D eigenvalue weighted by Gasteiger charge is -2.07. The van der Waals surface area contributed by atoms with E-state index in [2.05, 4.69) is 20.5 Å². The summed E-state index contributed by atoms with van der Waals surface area (Å²) in [7, 11) is 0. The average Bonchev–Trinajstić information content (AvgIpc) is 3.17. The van der Waals surface area contributed by atoms with E-state index < -0.39 is 0 Å². The Hall–Kier alpha value is -1.77. The van der Waals surface area contributed by atoms with Gasteiger partial charge in [0.05, 0.1) is 16.8 Å². The fraction of sp³-hybridized carbons (Fsp3) is 0.143. The molecule has 5 nitrogen and oxygen atoms in total. The van der Waals surface area contributed by atoms with Crippen LogP contribution in [0.5, 0.6) is 0 Å². The summed E-state index contributed by atoms with van der Waals surface area (Å²) in [5.74, 6) is 0.573. The lowest BCUT2D eigenvalue weighted by molar-refractivity contribution is 0.102. The highest BCUT2D eigenvalue weighted by molar-refractivity contribution is 7.98. The zero-order valence-corrected chi connectivity index (χ0v) is 14.1. The van der Waals surface area contributed by atoms with Crippen molar-refractivity contribution in [2.45, 2.75) is 17.6 Å². The van der Waals surface area contributed by atoms with Gasteiger partial charge in [-0.1, -0.05) is 23.5 Å². The number of carbonyl (C=O) groups is 1. The summed E-state index contributed by atoms with van der Waals surface area (Å²) >= 11 is 4.53. The maximum atomic E-state index is 12.4. The number of aryl methyl sites for hydroxylation is 1. The maximum absolute atomic E-state index is 12.4. The number of hydrogen-bond donors (Lipinski definition) is 1. The summed E-state index contributed by atoms with van der Waals surface area (Å²) in [4.78, 5) is 17.6. The van der Waals surface area contributed by atoms with E-state index in [1.807, 2.05) is 42.1 Å². The minimum atomic E-state index is -0.169. The number of hydrogen-bond acceptors (Lipinski definition) is 7. The van der Waals surface area contributed by atoms with Gasteiger partial charge in [-0.2, -0.15) is 0 Å². The standard InChI is InChI=1S/C14H12N4OS3/c1-9-17-18-14(22-9)16-13(19)11-4-2-3-5-12(11)21-7-10-6-20-8-15-10/h2-6,8H,7H2,1H3,(H,16,18,19). The van der Waals surface area contributed by atoms with Crippen LogP contribution in [0.3, 0.4) is 0 Å². The molecular formula is C14H12N4OS3. The van der Waals surface area contributed by atoms with Crippen molar-refractivity contribution >= 4 is 45.5 Å². The fourth-order valence-electron chi connectivity index (χ4n) is 1.75. The highest BCUT2D eigenvalue weighted by atomic mass is 32.2. The molecule has 22 heavy (non-hydrogen) atoms. The highest BCUT2D eigenvalue weighted by Crippen LogP contribution is 2.27. The second-order valence-corrected chi connectivity index (χ2v) is 7.26. The van der Waals surface area contributed by atoms with Crippen molar-refractivity contribution in [3.05, 3.63) is 51.4 Å². The van der Waals surface area contributed by atoms with Gasteiger partial charge in [-0.05, 0) is 19.1 Å². The van der Waals surface area contributed by atoms with Crippen LogP contribution in [0.2, 0.25) is 0 Å². The van der Waals surface area contributed by atoms with E-state index in [0.717, 1.165) is 21.3 Å². The van der Waals surface area contributed by atoms with Crippen molar-refractivity contribution in [1.82, 2.24) is 15.2 Å². The van der Waals surface area contributed by atoms with E-state index in [1.165, 1.54) is 11.3 Å². The Balaban J connectivity index is 1.73. The van der Waals surface area contributed by atoms with Crippen molar-refractivity contribution in [2.24, 2.45) is 0 Å². The Morgan fingerprint density at radius 3 is 2.91 bits per heavy atom. The summed E-state index contributed by atoms with van der Waals surface area (Å²) in [5, 5.41) is 14.0. The first-order valence-electron chi connectivity index (χ1n) is 6.43. The van der Waals surface area contributed by atoms with E-state index in [1.54, 1.807) is 23.1 Å². The van der Waals surface area contributed by atoms with Gasteiger partial charge in [0, 0.05) is 16.0 Å². The molecular weight excluding hydrogens is 336 g/mol. The van der Waals surface area contributed by atoms with Gasteiger partial charge in [0.15, 0.2) is 0 Å². The number of thioether (sulfide) groups is 1. The minimum Gasteiger partial charge on any atom is -0.296 e. The third kappa shape index (κ3) is 3.70. The Bertz CT molecular complexity index is 770. The topological polar surface area (TPSA) is 67.8 Å². The summed E-state index contributed by atoms with van der Waals surface area (Å²) in [5.41, 5.74) is 3.47. The summed E-state index contributed by atoms with van der Waals surface area (Å²) in [6.45, 7) is 1.85. The molecule has 0 atom stereocenters. The van der Waals surface area contributed by atoms with E-state index in [-0.39, 0.29) is 5.91 Å². The molecule has 0 bridgehead atoms. The van der Waals surface area contributed by atoms with Crippen LogP contribution < -0.4 is 5.32 Å². The summed E-state index contributed by atoms with van der Waals surface area (Å²) in [6.07, 6.45) is 0. The molecule has 2 aromatic heterocycles. The van der Waals surface area contributed by atoms with Crippen molar-refractivity contribution in [1.29, 1.82) is 0 Å². The van der Waals surface area contributed by atoms with E-state index in [0.29, 0.717) is 10.7 Å². The Labute approximate surface area is 139 Å². The number of nitrogens with zero attached hydrogens (tertiary/aromatic N) is 3. The van der Waals surface area contributed by atoms with Gasteiger partial charge in [-0.15, -0.1) is 33.3 Å². The molecule has 1 N–H and O–H groups in total. The van der Waals surface area contributed by atoms with Crippen LogP contribution in [0.1, 0.15) is 21.1 Å². The molecule has 0 spiro atoms. The van der Waals surface area contributed by atoms with Crippen LogP contribution >= 0.6 is 34.4 Å². The number of benzene rings is 1. The Kier molecular flexibility index (Phi) is 4.81. The molecule has 8 heteroatoms. The molecule has 2 heterocycles. The largest absolute Gasteiger partial charge is 0.296 e. The number of anilines is 1. The molecule has 1 amide bonds. The molecule has 0 aliphatic heterocycles. The van der Waals surface area contributed by atoms with Crippen LogP contribution in [0, 0.1) is 6.92 Å². The van der Waals surface area contributed by atoms with Gasteiger partial charge in [-0.3, -0.25) is 10.1 Å². The van der Waals surface area contributed by atoms with E-state index in [9.17, 15) is 4.79 Å². The molecule has 0 fully saturated rings. The number of nitrogens with one attached hydrogen (secondary N) is 1. The van der Waals surface area contributed by atoms with E-state index in [4.69, 9.17) is 0 Å². The number of rotatable bonds is 5. The van der Waals surface area contributed by atoms with Gasteiger partial charge < -0.3 is 0 Å². The number of amides is 1. The quantitative estimate of drug-likeness (QED) is 0.709. The molecule has 112 valence electrons. The van der Waals surface area contributed by atoms with Crippen LogP contribution in [-0.4, -0.2) is 21.1 Å². The molecule has 0 radical (unpaired) electrons. The third-order valence-electron chi connectivity index (χ3n) is 2.74. The van der Waals surface area contributed by atoms with Gasteiger partial charge in [-0.25, -0.2) is 4.98 Å². The Morgan fingerprint density at radius 1 is 1.32 bits per heavy atom. The number of aromatic nitrogens is 3. The molecule has 0 aliphatic carbocycles. The predicted octanol–water partition coefficient (Wildman–Crippen LogP) is 3.85. The van der Waals surface area contributed by atoms with Gasteiger partial charge in [0.25, 0.3) is 5.91 Å². The first-order valence-corrected chi connectivity index (χ1v) is 9.17. The van der Waals surface area contributed by atoms with E-state index >= 15 is 0 Å². The van der Waals surface area contributed by atoms with Crippen molar-refractivity contribution < 1.29 is 4.79 Å². The van der Waals surface area contributed by atoms with Gasteiger partial charge in [0.2, 0.25) is 5.13 Å². The molecule has 0 saturated carbocycles. The molecule has 0 unspecified atom stereocenters. The monoisotopic (exact) mass is 348 g/mol. The maximum Gasteiger partial charge on any atom is 0.258 e. The molecule has 3 rings (SSSR count). The second kappa shape index (κ2) is 6.99. The van der Waals surface area contributed by atoms with Crippen LogP contribution in [0.4, 0.5) is 5.13 Å². The minimum absolute atomic E-state index is 0.169. The SMILES string of the molecule is Cc1nnc(NC(=O)c2ccccc2SCc2cscn2)s1. The summed E-state index contributed by atoms with van der Waals surface area (Å²) in [6, 6.07) is 7.53. The molecule has 0 saturated heterocycles. The van der Waals surface area contributed by atoms with Crippen molar-refractivity contribution in [2.75, 3.05) is 5.32 Å². The third-order valence-corrected chi connectivity index (χ3v) is 5.23. The number of carbonyl (C=O) groups excluding carboxylic acids is 1. The Morgan fingerprint density at radius 2 is 2.18 bits per heavy atom. The summed E-state index contributed by atoms with van der Waals surface area (Å²) < 4.78 is 0.